The van der Waals surface area contributed by atoms with Crippen molar-refractivity contribution < 1.29 is 14.3 Å². The number of nitrogens with zero attached hydrogens (tertiary/aromatic N) is 1. The van der Waals surface area contributed by atoms with Gasteiger partial charge in [0.25, 0.3) is 5.91 Å². The molecule has 3 N–H and O–H groups in total. The molecule has 86 valence electrons. The Labute approximate surface area is 92.5 Å². The van der Waals surface area contributed by atoms with Crippen LogP contribution in [-0.2, 0) is 0 Å². The summed E-state index contributed by atoms with van der Waals surface area (Å²) < 4.78 is 12.7. The first kappa shape index (κ1) is 10.9. The molecule has 0 saturated carbocycles. The van der Waals surface area contributed by atoms with Crippen molar-refractivity contribution >= 4 is 5.91 Å². The van der Waals surface area contributed by atoms with Gasteiger partial charge in [-0.3, -0.25) is 4.79 Å². The molecule has 0 bridgehead atoms. The van der Waals surface area contributed by atoms with Gasteiger partial charge in [-0.05, 0) is 18.6 Å². The highest BCUT2D eigenvalue weighted by atomic mass is 19.1. The number of rotatable bonds is 1. The fourth-order valence-corrected chi connectivity index (χ4v) is 1.83. The van der Waals surface area contributed by atoms with E-state index in [-0.39, 0.29) is 23.3 Å². The van der Waals surface area contributed by atoms with Crippen molar-refractivity contribution in [2.45, 2.75) is 12.5 Å². The number of phenolic OH excluding ortho intramolecular Hbond substituents is 1. The Bertz CT molecular complexity index is 422. The van der Waals surface area contributed by atoms with E-state index in [0.717, 1.165) is 18.6 Å². The van der Waals surface area contributed by atoms with E-state index in [1.807, 2.05) is 0 Å². The summed E-state index contributed by atoms with van der Waals surface area (Å²) in [6.07, 6.45) is 0.758. The normalized spacial score (nSPS) is 20.1. The lowest BCUT2D eigenvalue weighted by molar-refractivity contribution is 0.0788. The summed E-state index contributed by atoms with van der Waals surface area (Å²) in [6.45, 7) is 1.06. The van der Waals surface area contributed by atoms with Crippen molar-refractivity contribution in [1.29, 1.82) is 0 Å². The van der Waals surface area contributed by atoms with Gasteiger partial charge in [0, 0.05) is 25.2 Å². The van der Waals surface area contributed by atoms with Gasteiger partial charge in [-0.25, -0.2) is 4.39 Å². The van der Waals surface area contributed by atoms with Gasteiger partial charge >= 0.3 is 0 Å². The number of benzene rings is 1. The summed E-state index contributed by atoms with van der Waals surface area (Å²) in [6, 6.07) is 3.37. The third kappa shape index (κ3) is 1.99. The van der Waals surface area contributed by atoms with Crippen molar-refractivity contribution in [2.24, 2.45) is 5.73 Å². The van der Waals surface area contributed by atoms with Crippen LogP contribution < -0.4 is 5.73 Å². The molecule has 16 heavy (non-hydrogen) atoms. The van der Waals surface area contributed by atoms with E-state index in [1.165, 1.54) is 6.07 Å². The number of carbonyl (C=O) groups is 1. The van der Waals surface area contributed by atoms with Crippen LogP contribution in [0.15, 0.2) is 18.2 Å². The number of hydrogen-bond acceptors (Lipinski definition) is 3. The van der Waals surface area contributed by atoms with Crippen LogP contribution in [0.2, 0.25) is 0 Å². The van der Waals surface area contributed by atoms with Crippen LogP contribution in [0.25, 0.3) is 0 Å². The standard InChI is InChI=1S/C11H13FN2O2/c12-7-1-2-9(10(15)5-7)11(16)14-4-3-8(13)6-14/h1-2,5,8,15H,3-4,6,13H2. The maximum atomic E-state index is 12.7. The first-order valence-corrected chi connectivity index (χ1v) is 5.11. The molecule has 1 aromatic carbocycles. The van der Waals surface area contributed by atoms with Gasteiger partial charge in [-0.2, -0.15) is 0 Å². The quantitative estimate of drug-likeness (QED) is 0.738. The van der Waals surface area contributed by atoms with Crippen LogP contribution in [0, 0.1) is 5.82 Å². The predicted molar refractivity (Wildman–Crippen MR) is 56.6 cm³/mol. The average molecular weight is 224 g/mol. The lowest BCUT2D eigenvalue weighted by Crippen LogP contribution is -2.31. The smallest absolute Gasteiger partial charge is 0.257 e. The summed E-state index contributed by atoms with van der Waals surface area (Å²) in [4.78, 5) is 13.5. The lowest BCUT2D eigenvalue weighted by Gasteiger charge is -2.16. The first-order chi connectivity index (χ1) is 7.58. The van der Waals surface area contributed by atoms with Gasteiger partial charge in [0.2, 0.25) is 0 Å². The number of likely N-dealkylation sites (tertiary alicyclic amines) is 1. The second kappa shape index (κ2) is 4.09. The molecule has 1 amide bonds. The number of aromatic hydroxyl groups is 1. The highest BCUT2D eigenvalue weighted by Gasteiger charge is 2.26. The SMILES string of the molecule is NC1CCN(C(=O)c2ccc(F)cc2O)C1. The van der Waals surface area contributed by atoms with Crippen LogP contribution in [0.3, 0.4) is 0 Å². The van der Waals surface area contributed by atoms with Crippen LogP contribution in [0.5, 0.6) is 5.75 Å². The summed E-state index contributed by atoms with van der Waals surface area (Å²) >= 11 is 0. The number of carbonyl (C=O) groups excluding carboxylic acids is 1. The first-order valence-electron chi connectivity index (χ1n) is 5.11. The summed E-state index contributed by atoms with van der Waals surface area (Å²) in [5.74, 6) is -1.19. The Kier molecular flexibility index (Phi) is 2.78. The third-order valence-corrected chi connectivity index (χ3v) is 2.70. The molecular formula is C11H13FN2O2. The maximum absolute atomic E-state index is 12.7. The second-order valence-electron chi connectivity index (χ2n) is 3.96. The third-order valence-electron chi connectivity index (χ3n) is 2.70. The molecule has 0 radical (unpaired) electrons. The predicted octanol–water partition coefficient (Wildman–Crippen LogP) is 0.704. The van der Waals surface area contributed by atoms with Crippen molar-refractivity contribution in [2.75, 3.05) is 13.1 Å². The van der Waals surface area contributed by atoms with Gasteiger partial charge in [0.05, 0.1) is 5.56 Å². The molecule has 1 saturated heterocycles. The molecule has 4 nitrogen and oxygen atoms in total. The van der Waals surface area contributed by atoms with E-state index in [1.54, 1.807) is 4.90 Å². The highest BCUT2D eigenvalue weighted by Crippen LogP contribution is 2.21. The van der Waals surface area contributed by atoms with Crippen molar-refractivity contribution in [3.05, 3.63) is 29.6 Å². The minimum atomic E-state index is -0.563. The Balaban J connectivity index is 2.21. The second-order valence-corrected chi connectivity index (χ2v) is 3.96. The molecule has 1 aliphatic heterocycles. The lowest BCUT2D eigenvalue weighted by atomic mass is 10.1. The number of hydrogen-bond donors (Lipinski definition) is 2. The zero-order chi connectivity index (χ0) is 11.7. The van der Waals surface area contributed by atoms with Gasteiger partial charge in [-0.15, -0.1) is 0 Å². The zero-order valence-electron chi connectivity index (χ0n) is 8.69. The minimum absolute atomic E-state index is 0.00783. The van der Waals surface area contributed by atoms with Gasteiger partial charge in [0.15, 0.2) is 0 Å². The van der Waals surface area contributed by atoms with E-state index in [0.29, 0.717) is 13.1 Å². The summed E-state index contributed by atoms with van der Waals surface area (Å²) in [5.41, 5.74) is 5.81. The summed E-state index contributed by atoms with van der Waals surface area (Å²) in [5, 5.41) is 9.47. The molecule has 1 fully saturated rings. The number of nitrogens with two attached hydrogens (primary N) is 1. The minimum Gasteiger partial charge on any atom is -0.507 e. The molecule has 5 heteroatoms. The number of amides is 1. The number of halogens is 1. The molecule has 0 spiro atoms. The zero-order valence-corrected chi connectivity index (χ0v) is 8.69. The van der Waals surface area contributed by atoms with Gasteiger partial charge in [0.1, 0.15) is 11.6 Å². The molecule has 0 aromatic heterocycles. The molecule has 2 rings (SSSR count). The van der Waals surface area contributed by atoms with Gasteiger partial charge in [-0.1, -0.05) is 0 Å². The average Bonchev–Trinajstić information content (AvgIpc) is 2.64. The maximum Gasteiger partial charge on any atom is 0.257 e. The van der Waals surface area contributed by atoms with Crippen LogP contribution in [0.4, 0.5) is 4.39 Å². The molecule has 1 unspecified atom stereocenters. The van der Waals surface area contributed by atoms with Crippen molar-refractivity contribution in [3.8, 4) is 5.75 Å². The molecule has 0 aliphatic carbocycles. The fraction of sp³-hybridized carbons (Fsp3) is 0.364. The molecule has 1 aliphatic rings. The molecular weight excluding hydrogens is 211 g/mol. The van der Waals surface area contributed by atoms with Crippen LogP contribution in [-0.4, -0.2) is 35.0 Å². The monoisotopic (exact) mass is 224 g/mol. The van der Waals surface area contributed by atoms with Crippen molar-refractivity contribution in [3.63, 3.8) is 0 Å². The van der Waals surface area contributed by atoms with E-state index in [4.69, 9.17) is 5.73 Å². The summed E-state index contributed by atoms with van der Waals surface area (Å²) in [7, 11) is 0. The fourth-order valence-electron chi connectivity index (χ4n) is 1.83. The topological polar surface area (TPSA) is 66.6 Å². The Hall–Kier alpha value is -1.62. The largest absolute Gasteiger partial charge is 0.507 e. The molecule has 1 heterocycles. The molecule has 1 aromatic rings. The van der Waals surface area contributed by atoms with Gasteiger partial charge < -0.3 is 15.7 Å². The Morgan fingerprint density at radius 3 is 2.88 bits per heavy atom. The van der Waals surface area contributed by atoms with E-state index in [2.05, 4.69) is 0 Å². The highest BCUT2D eigenvalue weighted by molar-refractivity contribution is 5.97. The van der Waals surface area contributed by atoms with Crippen LogP contribution >= 0.6 is 0 Å². The van der Waals surface area contributed by atoms with E-state index < -0.39 is 5.82 Å². The van der Waals surface area contributed by atoms with E-state index >= 15 is 0 Å². The molecule has 1 atom stereocenters. The Morgan fingerprint density at radius 2 is 2.31 bits per heavy atom. The Morgan fingerprint density at radius 1 is 1.56 bits per heavy atom. The van der Waals surface area contributed by atoms with E-state index in [9.17, 15) is 14.3 Å². The van der Waals surface area contributed by atoms with Crippen molar-refractivity contribution in [1.82, 2.24) is 4.90 Å². The van der Waals surface area contributed by atoms with Crippen LogP contribution in [0.1, 0.15) is 16.8 Å². The number of phenols is 1.